The highest BCUT2D eigenvalue weighted by atomic mass is 35.5. The van der Waals surface area contributed by atoms with Crippen LogP contribution in [0.3, 0.4) is 0 Å². The van der Waals surface area contributed by atoms with Gasteiger partial charge < -0.3 is 14.8 Å². The average Bonchev–Trinajstić information content (AvgIpc) is 2.72. The maximum Gasteiger partial charge on any atom is 0.150 e. The molecule has 0 fully saturated rings. The number of halogens is 1. The van der Waals surface area contributed by atoms with Crippen molar-refractivity contribution in [3.8, 4) is 22.6 Å². The number of methoxy groups -OCH3 is 1. The van der Waals surface area contributed by atoms with Crippen LogP contribution >= 0.6 is 11.6 Å². The van der Waals surface area contributed by atoms with Crippen LogP contribution in [-0.2, 0) is 0 Å². The minimum absolute atomic E-state index is 0.0995. The van der Waals surface area contributed by atoms with Crippen molar-refractivity contribution in [1.82, 2.24) is 0 Å². The highest BCUT2D eigenvalue weighted by Gasteiger charge is 2.34. The lowest BCUT2D eigenvalue weighted by Gasteiger charge is -2.37. The molecule has 30 heavy (non-hydrogen) atoms. The molecular weight excluding hydrogens is 394 g/mol. The summed E-state index contributed by atoms with van der Waals surface area (Å²) < 4.78 is 12.1. The van der Waals surface area contributed by atoms with Crippen LogP contribution in [0, 0.1) is 0 Å². The van der Waals surface area contributed by atoms with E-state index < -0.39 is 0 Å². The topological polar surface area (TPSA) is 30.5 Å². The van der Waals surface area contributed by atoms with Crippen LogP contribution in [-0.4, -0.2) is 12.6 Å². The van der Waals surface area contributed by atoms with Gasteiger partial charge in [-0.1, -0.05) is 35.9 Å². The van der Waals surface area contributed by atoms with Crippen molar-refractivity contribution in [2.24, 2.45) is 0 Å². The third-order valence-electron chi connectivity index (χ3n) is 5.83. The first-order chi connectivity index (χ1) is 14.4. The standard InChI is InChI=1S/C26H24ClNO2/c1-15-14-26(2,3)28-21-11-10-19-20-13-18(29-4)9-12-22(20)30-25(24(19)23(15)21)16-5-7-17(27)8-6-16/h5-14,25,28H,1-4H3/t25-/m1/s1. The van der Waals surface area contributed by atoms with Crippen LogP contribution in [0.2, 0.25) is 5.02 Å². The monoisotopic (exact) mass is 417 g/mol. The minimum Gasteiger partial charge on any atom is -0.497 e. The third-order valence-corrected chi connectivity index (χ3v) is 6.08. The lowest BCUT2D eigenvalue weighted by molar-refractivity contribution is 0.243. The first-order valence-electron chi connectivity index (χ1n) is 10.1. The number of rotatable bonds is 2. The number of ether oxygens (including phenoxy) is 2. The van der Waals surface area contributed by atoms with Gasteiger partial charge in [0.05, 0.1) is 12.6 Å². The van der Waals surface area contributed by atoms with Crippen molar-refractivity contribution in [3.05, 3.63) is 82.4 Å². The summed E-state index contributed by atoms with van der Waals surface area (Å²) in [6.07, 6.45) is 2.06. The van der Waals surface area contributed by atoms with Gasteiger partial charge in [-0.3, -0.25) is 0 Å². The van der Waals surface area contributed by atoms with Gasteiger partial charge in [0.1, 0.15) is 11.5 Å². The molecule has 152 valence electrons. The summed E-state index contributed by atoms with van der Waals surface area (Å²) in [6.45, 7) is 6.56. The lowest BCUT2D eigenvalue weighted by atomic mass is 9.80. The van der Waals surface area contributed by atoms with Crippen LogP contribution in [0.25, 0.3) is 16.7 Å². The maximum absolute atomic E-state index is 6.60. The molecule has 5 rings (SSSR count). The molecule has 1 N–H and O–H groups in total. The highest BCUT2D eigenvalue weighted by Crippen LogP contribution is 2.51. The lowest BCUT2D eigenvalue weighted by Crippen LogP contribution is -2.32. The van der Waals surface area contributed by atoms with E-state index in [1.165, 1.54) is 22.3 Å². The van der Waals surface area contributed by atoms with E-state index in [0.29, 0.717) is 0 Å². The molecule has 4 heteroatoms. The zero-order valence-electron chi connectivity index (χ0n) is 17.5. The number of fused-ring (bicyclic) bond motifs is 5. The summed E-state index contributed by atoms with van der Waals surface area (Å²) >= 11 is 6.16. The van der Waals surface area contributed by atoms with Crippen molar-refractivity contribution in [3.63, 3.8) is 0 Å². The zero-order chi connectivity index (χ0) is 21.0. The Balaban J connectivity index is 1.79. The van der Waals surface area contributed by atoms with Gasteiger partial charge in [-0.05, 0) is 73.9 Å². The number of hydrogen-bond donors (Lipinski definition) is 1. The summed E-state index contributed by atoms with van der Waals surface area (Å²) in [5, 5.41) is 4.38. The Morgan fingerprint density at radius 2 is 1.77 bits per heavy atom. The second-order valence-electron chi connectivity index (χ2n) is 8.53. The first kappa shape index (κ1) is 19.1. The second-order valence-corrected chi connectivity index (χ2v) is 8.97. The average molecular weight is 418 g/mol. The molecule has 3 aromatic rings. The van der Waals surface area contributed by atoms with Crippen molar-refractivity contribution in [2.45, 2.75) is 32.4 Å². The van der Waals surface area contributed by atoms with Gasteiger partial charge in [-0.25, -0.2) is 0 Å². The number of anilines is 1. The summed E-state index contributed by atoms with van der Waals surface area (Å²) in [4.78, 5) is 0. The second kappa shape index (κ2) is 6.82. The molecule has 2 aliphatic rings. The van der Waals surface area contributed by atoms with E-state index >= 15 is 0 Å². The Hall–Kier alpha value is -2.91. The summed E-state index contributed by atoms with van der Waals surface area (Å²) in [7, 11) is 1.69. The van der Waals surface area contributed by atoms with Gasteiger partial charge in [-0.15, -0.1) is 0 Å². The predicted molar refractivity (Wildman–Crippen MR) is 124 cm³/mol. The van der Waals surface area contributed by atoms with Gasteiger partial charge in [0.2, 0.25) is 0 Å². The normalized spacial score (nSPS) is 18.2. The van der Waals surface area contributed by atoms with Crippen LogP contribution in [0.1, 0.15) is 43.6 Å². The van der Waals surface area contributed by atoms with Gasteiger partial charge in [0, 0.05) is 27.4 Å². The highest BCUT2D eigenvalue weighted by molar-refractivity contribution is 6.30. The van der Waals surface area contributed by atoms with Crippen LogP contribution in [0.5, 0.6) is 11.5 Å². The summed E-state index contributed by atoms with van der Waals surface area (Å²) in [6, 6.07) is 18.3. The van der Waals surface area contributed by atoms with Crippen molar-refractivity contribution in [2.75, 3.05) is 12.4 Å². The quantitative estimate of drug-likeness (QED) is 0.482. The van der Waals surface area contributed by atoms with Crippen molar-refractivity contribution in [1.29, 1.82) is 0 Å². The van der Waals surface area contributed by atoms with Crippen molar-refractivity contribution >= 4 is 22.9 Å². The Labute approximate surface area is 182 Å². The molecule has 0 saturated heterocycles. The fourth-order valence-corrected chi connectivity index (χ4v) is 4.79. The summed E-state index contributed by atoms with van der Waals surface area (Å²) in [5.41, 5.74) is 7.96. The number of allylic oxidation sites excluding steroid dienone is 1. The van der Waals surface area contributed by atoms with Crippen LogP contribution in [0.4, 0.5) is 5.69 Å². The zero-order valence-corrected chi connectivity index (χ0v) is 18.3. The predicted octanol–water partition coefficient (Wildman–Crippen LogP) is 7.10. The van der Waals surface area contributed by atoms with Gasteiger partial charge in [-0.2, -0.15) is 0 Å². The molecule has 0 unspecified atom stereocenters. The van der Waals surface area contributed by atoms with Gasteiger partial charge >= 0.3 is 0 Å². The van der Waals surface area contributed by atoms with E-state index in [-0.39, 0.29) is 11.6 Å². The largest absolute Gasteiger partial charge is 0.497 e. The SMILES string of the molecule is COc1ccc2c(c1)-c1ccc3c(c1[C@@H](c1ccc(Cl)cc1)O2)C(C)=CC(C)(C)N3. The molecule has 0 radical (unpaired) electrons. The fourth-order valence-electron chi connectivity index (χ4n) is 4.66. The number of hydrogen-bond acceptors (Lipinski definition) is 3. The molecule has 0 bridgehead atoms. The molecule has 0 aliphatic carbocycles. The molecule has 3 nitrogen and oxygen atoms in total. The third kappa shape index (κ3) is 3.05. The molecule has 0 saturated carbocycles. The van der Waals surface area contributed by atoms with E-state index in [9.17, 15) is 0 Å². The first-order valence-corrected chi connectivity index (χ1v) is 10.5. The molecule has 2 aliphatic heterocycles. The minimum atomic E-state index is -0.223. The van der Waals surface area contributed by atoms with E-state index in [4.69, 9.17) is 21.1 Å². The van der Waals surface area contributed by atoms with E-state index in [1.807, 2.05) is 36.4 Å². The van der Waals surface area contributed by atoms with Crippen molar-refractivity contribution < 1.29 is 9.47 Å². The Morgan fingerprint density at radius 3 is 2.50 bits per heavy atom. The molecule has 3 aromatic carbocycles. The Morgan fingerprint density at radius 1 is 1.00 bits per heavy atom. The van der Waals surface area contributed by atoms with Crippen LogP contribution < -0.4 is 14.8 Å². The molecule has 0 amide bonds. The number of nitrogens with one attached hydrogen (secondary N) is 1. The van der Waals surface area contributed by atoms with Gasteiger partial charge in [0.15, 0.2) is 6.10 Å². The van der Waals surface area contributed by atoms with Gasteiger partial charge in [0.25, 0.3) is 0 Å². The smallest absolute Gasteiger partial charge is 0.150 e. The van der Waals surface area contributed by atoms with E-state index in [0.717, 1.165) is 33.3 Å². The molecule has 2 heterocycles. The molecule has 0 spiro atoms. The molecular formula is C26H24ClNO2. The Kier molecular flexibility index (Phi) is 4.33. The Bertz CT molecular complexity index is 1180. The van der Waals surface area contributed by atoms with E-state index in [1.54, 1.807) is 7.11 Å². The summed E-state index contributed by atoms with van der Waals surface area (Å²) in [5.74, 6) is 1.67. The molecule has 0 aromatic heterocycles. The maximum atomic E-state index is 6.60. The molecule has 1 atom stereocenters. The number of benzene rings is 3. The van der Waals surface area contributed by atoms with Crippen LogP contribution in [0.15, 0.2) is 60.7 Å². The van der Waals surface area contributed by atoms with E-state index in [2.05, 4.69) is 50.4 Å². The fraction of sp³-hybridized carbons (Fsp3) is 0.231.